The van der Waals surface area contributed by atoms with Crippen LogP contribution in [0.1, 0.15) is 6.92 Å². The third-order valence-corrected chi connectivity index (χ3v) is 2.41. The lowest BCUT2D eigenvalue weighted by Crippen LogP contribution is -2.04. The Kier molecular flexibility index (Phi) is 4.65. The molecule has 0 bridgehead atoms. The molecule has 0 radical (unpaired) electrons. The average molecular weight is 260 g/mol. The van der Waals surface area contributed by atoms with E-state index in [0.717, 1.165) is 11.8 Å². The van der Waals surface area contributed by atoms with Crippen LogP contribution in [0.4, 0.5) is 5.69 Å². The summed E-state index contributed by atoms with van der Waals surface area (Å²) in [6.07, 6.45) is 1.15. The zero-order chi connectivity index (χ0) is 12.1. The molecule has 0 fully saturated rings. The van der Waals surface area contributed by atoms with Crippen LogP contribution in [0.5, 0.6) is 0 Å². The maximum atomic E-state index is 10.4. The molecule has 0 atom stereocenters. The highest BCUT2D eigenvalue weighted by Crippen LogP contribution is 2.25. The summed E-state index contributed by atoms with van der Waals surface area (Å²) in [5.41, 5.74) is 1.43. The molecule has 0 spiro atoms. The van der Waals surface area contributed by atoms with Crippen molar-refractivity contribution in [3.8, 4) is 0 Å². The Morgan fingerprint density at radius 2 is 2.19 bits per heavy atom. The summed E-state index contributed by atoms with van der Waals surface area (Å²) in [6, 6.07) is 5.09. The number of aliphatic carboxylic acids is 1. The molecule has 0 amide bonds. The summed E-state index contributed by atoms with van der Waals surface area (Å²) >= 11 is 11.7. The van der Waals surface area contributed by atoms with Gasteiger partial charge in [-0.05, 0) is 30.7 Å². The van der Waals surface area contributed by atoms with Crippen LogP contribution in [0.25, 0.3) is 0 Å². The lowest BCUT2D eigenvalue weighted by atomic mass is 10.2. The molecule has 16 heavy (non-hydrogen) atoms. The minimum Gasteiger partial charge on any atom is -0.478 e. The molecule has 1 aromatic rings. The van der Waals surface area contributed by atoms with Crippen LogP contribution in [0.3, 0.4) is 0 Å². The fourth-order valence-corrected chi connectivity index (χ4v) is 1.60. The Hall–Kier alpha value is -1.19. The first-order valence-corrected chi connectivity index (χ1v) is 5.33. The van der Waals surface area contributed by atoms with Gasteiger partial charge in [0.2, 0.25) is 0 Å². The minimum atomic E-state index is -0.957. The number of carbonyl (C=O) groups is 1. The summed E-state index contributed by atoms with van der Waals surface area (Å²) in [6.45, 7) is 2.15. The quantitative estimate of drug-likeness (QED) is 0.815. The van der Waals surface area contributed by atoms with E-state index in [0.29, 0.717) is 22.2 Å². The minimum absolute atomic E-state index is 0.424. The normalized spacial score (nSPS) is 11.3. The highest BCUT2D eigenvalue weighted by atomic mass is 35.5. The van der Waals surface area contributed by atoms with Crippen LogP contribution < -0.4 is 5.32 Å². The Balaban J connectivity index is 2.65. The number of nitrogens with one attached hydrogen (secondary N) is 1. The van der Waals surface area contributed by atoms with Crippen molar-refractivity contribution in [1.29, 1.82) is 0 Å². The number of anilines is 1. The highest BCUT2D eigenvalue weighted by molar-refractivity contribution is 6.36. The van der Waals surface area contributed by atoms with E-state index in [9.17, 15) is 4.79 Å². The summed E-state index contributed by atoms with van der Waals surface area (Å²) in [5.74, 6) is -0.957. The molecule has 0 unspecified atom stereocenters. The molecule has 5 heteroatoms. The molecular weight excluding hydrogens is 249 g/mol. The van der Waals surface area contributed by atoms with E-state index in [-0.39, 0.29) is 0 Å². The van der Waals surface area contributed by atoms with Crippen LogP contribution in [-0.2, 0) is 4.79 Å². The number of hydrogen-bond acceptors (Lipinski definition) is 2. The van der Waals surface area contributed by atoms with E-state index in [1.807, 2.05) is 0 Å². The highest BCUT2D eigenvalue weighted by Gasteiger charge is 2.01. The molecule has 86 valence electrons. The smallest absolute Gasteiger partial charge is 0.328 e. The molecule has 0 saturated heterocycles. The fraction of sp³-hybridized carbons (Fsp3) is 0.182. The van der Waals surface area contributed by atoms with Crippen molar-refractivity contribution < 1.29 is 9.90 Å². The Bertz CT molecular complexity index is 430. The van der Waals surface area contributed by atoms with Crippen LogP contribution in [0, 0.1) is 0 Å². The number of halogens is 2. The SMILES string of the molecule is C/C(=C/C(=O)O)CNc1ccc(Cl)cc1Cl. The van der Waals surface area contributed by atoms with Crippen molar-refractivity contribution in [1.82, 2.24) is 0 Å². The van der Waals surface area contributed by atoms with E-state index >= 15 is 0 Å². The molecule has 0 aromatic heterocycles. The molecular formula is C11H11Cl2NO2. The third-order valence-electron chi connectivity index (χ3n) is 1.86. The summed E-state index contributed by atoms with van der Waals surface area (Å²) < 4.78 is 0. The average Bonchev–Trinajstić information content (AvgIpc) is 2.15. The number of hydrogen-bond donors (Lipinski definition) is 2. The first-order chi connectivity index (χ1) is 7.49. The molecule has 0 saturated carbocycles. The predicted molar refractivity (Wildman–Crippen MR) is 66.3 cm³/mol. The van der Waals surface area contributed by atoms with Crippen LogP contribution in [-0.4, -0.2) is 17.6 Å². The van der Waals surface area contributed by atoms with Gasteiger partial charge in [0, 0.05) is 17.6 Å². The van der Waals surface area contributed by atoms with E-state index in [2.05, 4.69) is 5.32 Å². The molecule has 1 rings (SSSR count). The Morgan fingerprint density at radius 1 is 1.50 bits per heavy atom. The van der Waals surface area contributed by atoms with Gasteiger partial charge in [-0.15, -0.1) is 0 Å². The second-order valence-corrected chi connectivity index (χ2v) is 4.15. The van der Waals surface area contributed by atoms with Gasteiger partial charge in [-0.3, -0.25) is 0 Å². The molecule has 3 nitrogen and oxygen atoms in total. The maximum absolute atomic E-state index is 10.4. The lowest BCUT2D eigenvalue weighted by molar-refractivity contribution is -0.131. The van der Waals surface area contributed by atoms with Gasteiger partial charge in [0.25, 0.3) is 0 Å². The van der Waals surface area contributed by atoms with Crippen LogP contribution in [0.2, 0.25) is 10.0 Å². The summed E-state index contributed by atoms with van der Waals surface area (Å²) in [7, 11) is 0. The molecule has 1 aromatic carbocycles. The largest absolute Gasteiger partial charge is 0.478 e. The molecule has 0 heterocycles. The second-order valence-electron chi connectivity index (χ2n) is 3.31. The van der Waals surface area contributed by atoms with Gasteiger partial charge in [0.05, 0.1) is 10.7 Å². The fourth-order valence-electron chi connectivity index (χ4n) is 1.13. The van der Waals surface area contributed by atoms with Gasteiger partial charge >= 0.3 is 5.97 Å². The van der Waals surface area contributed by atoms with Crippen molar-refractivity contribution in [3.05, 3.63) is 39.9 Å². The zero-order valence-electron chi connectivity index (χ0n) is 8.63. The van der Waals surface area contributed by atoms with Crippen molar-refractivity contribution >= 4 is 34.9 Å². The predicted octanol–water partition coefficient (Wildman–Crippen LogP) is 3.44. The second kappa shape index (κ2) is 5.77. The summed E-state index contributed by atoms with van der Waals surface area (Å²) in [4.78, 5) is 10.4. The standard InChI is InChI=1S/C11H11Cl2NO2/c1-7(4-11(15)16)6-14-10-3-2-8(12)5-9(10)13/h2-5,14H,6H2,1H3,(H,15,16)/b7-4-. The van der Waals surface area contributed by atoms with E-state index in [4.69, 9.17) is 28.3 Å². The molecule has 0 aliphatic heterocycles. The Morgan fingerprint density at radius 3 is 2.75 bits per heavy atom. The Labute approximate surface area is 104 Å². The first kappa shape index (κ1) is 12.9. The number of carboxylic acid groups (broad SMARTS) is 1. The number of rotatable bonds is 4. The van der Waals surface area contributed by atoms with E-state index < -0.39 is 5.97 Å². The first-order valence-electron chi connectivity index (χ1n) is 4.58. The van der Waals surface area contributed by atoms with Crippen LogP contribution >= 0.6 is 23.2 Å². The van der Waals surface area contributed by atoms with E-state index in [1.165, 1.54) is 0 Å². The number of benzene rings is 1. The van der Waals surface area contributed by atoms with Crippen molar-refractivity contribution in [2.24, 2.45) is 0 Å². The lowest BCUT2D eigenvalue weighted by Gasteiger charge is -2.08. The van der Waals surface area contributed by atoms with Gasteiger partial charge in [-0.1, -0.05) is 23.2 Å². The molecule has 2 N–H and O–H groups in total. The molecule has 0 aliphatic rings. The monoisotopic (exact) mass is 259 g/mol. The zero-order valence-corrected chi connectivity index (χ0v) is 10.1. The maximum Gasteiger partial charge on any atom is 0.328 e. The molecule has 0 aliphatic carbocycles. The number of carboxylic acids is 1. The van der Waals surface area contributed by atoms with Gasteiger partial charge in [0.1, 0.15) is 0 Å². The van der Waals surface area contributed by atoms with Gasteiger partial charge in [-0.25, -0.2) is 4.79 Å². The van der Waals surface area contributed by atoms with Crippen molar-refractivity contribution in [2.45, 2.75) is 6.92 Å². The van der Waals surface area contributed by atoms with E-state index in [1.54, 1.807) is 25.1 Å². The van der Waals surface area contributed by atoms with Gasteiger partial charge in [0.15, 0.2) is 0 Å². The topological polar surface area (TPSA) is 49.3 Å². The summed E-state index contributed by atoms with van der Waals surface area (Å²) in [5, 5.41) is 12.6. The van der Waals surface area contributed by atoms with Crippen molar-refractivity contribution in [3.63, 3.8) is 0 Å². The van der Waals surface area contributed by atoms with Gasteiger partial charge < -0.3 is 10.4 Å². The van der Waals surface area contributed by atoms with Crippen LogP contribution in [0.15, 0.2) is 29.8 Å². The van der Waals surface area contributed by atoms with Crippen molar-refractivity contribution in [2.75, 3.05) is 11.9 Å². The van der Waals surface area contributed by atoms with Gasteiger partial charge in [-0.2, -0.15) is 0 Å². The third kappa shape index (κ3) is 4.13.